The van der Waals surface area contributed by atoms with E-state index in [1.165, 1.54) is 9.13 Å². The Balaban J connectivity index is 1.29. The first kappa shape index (κ1) is 22.1. The van der Waals surface area contributed by atoms with Crippen LogP contribution in [0.4, 0.5) is 0 Å². The van der Waals surface area contributed by atoms with E-state index in [-0.39, 0.29) is 28.9 Å². The van der Waals surface area contributed by atoms with E-state index >= 15 is 0 Å². The van der Waals surface area contributed by atoms with Crippen LogP contribution in [0.25, 0.3) is 16.6 Å². The van der Waals surface area contributed by atoms with Crippen LogP contribution in [0.5, 0.6) is 5.75 Å². The summed E-state index contributed by atoms with van der Waals surface area (Å²) in [6.45, 7) is 0.368. The van der Waals surface area contributed by atoms with Crippen LogP contribution in [0.2, 0.25) is 0 Å². The Labute approximate surface area is 196 Å². The second kappa shape index (κ2) is 8.93. The molecule has 0 atom stereocenters. The van der Waals surface area contributed by atoms with Crippen LogP contribution >= 0.6 is 0 Å². The van der Waals surface area contributed by atoms with E-state index in [0.29, 0.717) is 29.6 Å². The number of benzene rings is 1. The summed E-state index contributed by atoms with van der Waals surface area (Å²) < 4.78 is 10.1. The van der Waals surface area contributed by atoms with Crippen molar-refractivity contribution in [2.75, 3.05) is 7.11 Å². The summed E-state index contributed by atoms with van der Waals surface area (Å²) in [5, 5.41) is 0.471. The monoisotopic (exact) mass is 460 g/mol. The van der Waals surface area contributed by atoms with Crippen molar-refractivity contribution >= 4 is 22.3 Å². The summed E-state index contributed by atoms with van der Waals surface area (Å²) in [7, 11) is 3.24. The van der Waals surface area contributed by atoms with E-state index in [9.17, 15) is 14.4 Å². The Hall–Kier alpha value is -3.68. The Bertz CT molecular complexity index is 1490. The zero-order valence-corrected chi connectivity index (χ0v) is 19.4. The maximum Gasteiger partial charge on any atom is 0.331 e. The molecule has 0 amide bonds. The number of ether oxygens (including phenoxy) is 1. The van der Waals surface area contributed by atoms with Crippen LogP contribution in [-0.2, 0) is 24.8 Å². The highest BCUT2D eigenvalue weighted by molar-refractivity contribution is 5.83. The van der Waals surface area contributed by atoms with Crippen molar-refractivity contribution < 1.29 is 9.53 Å². The summed E-state index contributed by atoms with van der Waals surface area (Å²) in [4.78, 5) is 43.4. The molecule has 3 heterocycles. The van der Waals surface area contributed by atoms with Crippen molar-refractivity contribution in [3.8, 4) is 5.75 Å². The number of Topliss-reactive ketones (excluding diaryl/α,β-unsaturated/α-hetero) is 1. The lowest BCUT2D eigenvalue weighted by Gasteiger charge is -2.28. The average Bonchev–Trinajstić information content (AvgIpc) is 3.28. The topological polar surface area (TPSA) is 87.6 Å². The number of hydrogen-bond acceptors (Lipinski definition) is 5. The number of imidazole rings is 1. The standard InChI is InChI=1S/C26H28N4O4/c1-28-22-11-10-20(34-2)14-21(22)25(32)30(26(28)33)16-17-6-8-18(9-7-17)23(31)13-19-15-27-24-5-3-4-12-29(19)24/h3-5,10-12,14-15,17-18H,6-9,13,16H2,1-2H3. The lowest BCUT2D eigenvalue weighted by Crippen LogP contribution is -2.41. The maximum absolute atomic E-state index is 13.1. The van der Waals surface area contributed by atoms with Gasteiger partial charge in [0.25, 0.3) is 5.56 Å². The molecule has 8 heteroatoms. The quantitative estimate of drug-likeness (QED) is 0.442. The summed E-state index contributed by atoms with van der Waals surface area (Å²) >= 11 is 0. The molecule has 0 unspecified atom stereocenters. The second-order valence-electron chi connectivity index (χ2n) is 9.18. The highest BCUT2D eigenvalue weighted by atomic mass is 16.5. The van der Waals surface area contributed by atoms with Crippen molar-refractivity contribution in [3.63, 3.8) is 0 Å². The smallest absolute Gasteiger partial charge is 0.331 e. The van der Waals surface area contributed by atoms with Crippen LogP contribution < -0.4 is 16.0 Å². The molecule has 1 aliphatic carbocycles. The number of carbonyl (C=O) groups excluding carboxylic acids is 1. The molecule has 8 nitrogen and oxygen atoms in total. The third kappa shape index (κ3) is 3.93. The van der Waals surface area contributed by atoms with Gasteiger partial charge in [0.1, 0.15) is 17.2 Å². The Kier molecular flexibility index (Phi) is 5.81. The van der Waals surface area contributed by atoms with Crippen LogP contribution in [0.15, 0.2) is 58.4 Å². The van der Waals surface area contributed by atoms with Crippen LogP contribution in [0, 0.1) is 11.8 Å². The minimum absolute atomic E-state index is 0.00549. The molecule has 0 aliphatic heterocycles. The predicted octanol–water partition coefficient (Wildman–Crippen LogP) is 2.97. The third-order valence-corrected chi connectivity index (χ3v) is 7.15. The maximum atomic E-state index is 13.1. The van der Waals surface area contributed by atoms with Crippen molar-refractivity contribution in [2.24, 2.45) is 18.9 Å². The van der Waals surface area contributed by atoms with Gasteiger partial charge in [0.2, 0.25) is 0 Å². The van der Waals surface area contributed by atoms with Crippen LogP contribution in [-0.4, -0.2) is 31.4 Å². The summed E-state index contributed by atoms with van der Waals surface area (Å²) in [6, 6.07) is 11.0. The largest absolute Gasteiger partial charge is 0.497 e. The van der Waals surface area contributed by atoms with Gasteiger partial charge in [0.05, 0.1) is 18.0 Å². The zero-order chi connectivity index (χ0) is 23.8. The Morgan fingerprint density at radius 3 is 2.68 bits per heavy atom. The summed E-state index contributed by atoms with van der Waals surface area (Å²) in [6.07, 6.45) is 7.25. The predicted molar refractivity (Wildman–Crippen MR) is 129 cm³/mol. The molecule has 0 N–H and O–H groups in total. The highest BCUT2D eigenvalue weighted by Crippen LogP contribution is 2.31. The number of aryl methyl sites for hydroxylation is 1. The molecule has 0 saturated heterocycles. The lowest BCUT2D eigenvalue weighted by molar-refractivity contribution is -0.123. The van der Waals surface area contributed by atoms with Gasteiger partial charge in [-0.05, 0) is 61.9 Å². The molecule has 1 fully saturated rings. The van der Waals surface area contributed by atoms with Crippen LogP contribution in [0.3, 0.4) is 0 Å². The number of nitrogens with zero attached hydrogens (tertiary/aromatic N) is 4. The molecule has 1 aliphatic rings. The molecule has 176 valence electrons. The van der Waals surface area contributed by atoms with Gasteiger partial charge in [0, 0.05) is 44.0 Å². The fourth-order valence-electron chi connectivity index (χ4n) is 5.15. The highest BCUT2D eigenvalue weighted by Gasteiger charge is 2.28. The van der Waals surface area contributed by atoms with Gasteiger partial charge in [-0.1, -0.05) is 6.07 Å². The van der Waals surface area contributed by atoms with E-state index in [0.717, 1.165) is 37.0 Å². The van der Waals surface area contributed by atoms with Crippen molar-refractivity contribution in [2.45, 2.75) is 38.6 Å². The van der Waals surface area contributed by atoms with E-state index < -0.39 is 0 Å². The number of methoxy groups -OCH3 is 1. The van der Waals surface area contributed by atoms with Crippen LogP contribution in [0.1, 0.15) is 31.4 Å². The average molecular weight is 461 g/mol. The lowest BCUT2D eigenvalue weighted by atomic mass is 9.79. The number of aromatic nitrogens is 4. The number of rotatable bonds is 6. The molecule has 1 aromatic carbocycles. The molecule has 34 heavy (non-hydrogen) atoms. The molecule has 1 saturated carbocycles. The normalized spacial score (nSPS) is 18.4. The second-order valence-corrected chi connectivity index (χ2v) is 9.18. The molecular formula is C26H28N4O4. The van der Waals surface area contributed by atoms with E-state index in [4.69, 9.17) is 4.74 Å². The third-order valence-electron chi connectivity index (χ3n) is 7.15. The number of carbonyl (C=O) groups is 1. The number of hydrogen-bond donors (Lipinski definition) is 0. The van der Waals surface area contributed by atoms with Gasteiger partial charge in [-0.15, -0.1) is 0 Å². The molecule has 3 aromatic heterocycles. The van der Waals surface area contributed by atoms with Gasteiger partial charge < -0.3 is 9.14 Å². The van der Waals surface area contributed by atoms with Gasteiger partial charge in [0.15, 0.2) is 0 Å². The van der Waals surface area contributed by atoms with Gasteiger partial charge >= 0.3 is 5.69 Å². The van der Waals surface area contributed by atoms with Crippen molar-refractivity contribution in [3.05, 3.63) is 75.3 Å². The van der Waals surface area contributed by atoms with E-state index in [1.54, 1.807) is 38.6 Å². The first-order valence-electron chi connectivity index (χ1n) is 11.7. The SMILES string of the molecule is COc1ccc2c(c1)c(=O)n(CC1CCC(C(=O)Cc3cnc4ccccn34)CC1)c(=O)n2C. The molecule has 0 spiro atoms. The fraction of sp³-hybridized carbons (Fsp3) is 0.385. The van der Waals surface area contributed by atoms with E-state index in [2.05, 4.69) is 4.98 Å². The first-order valence-corrected chi connectivity index (χ1v) is 11.7. The minimum atomic E-state index is -0.312. The fourth-order valence-corrected chi connectivity index (χ4v) is 5.15. The van der Waals surface area contributed by atoms with E-state index in [1.807, 2.05) is 28.8 Å². The van der Waals surface area contributed by atoms with Gasteiger partial charge in [-0.25, -0.2) is 9.78 Å². The summed E-state index contributed by atoms with van der Waals surface area (Å²) in [5.41, 5.74) is 1.74. The number of pyridine rings is 1. The van der Waals surface area contributed by atoms with Crippen molar-refractivity contribution in [1.29, 1.82) is 0 Å². The summed E-state index contributed by atoms with van der Waals surface area (Å²) in [5.74, 6) is 1.01. The molecule has 0 radical (unpaired) electrons. The van der Waals surface area contributed by atoms with Gasteiger partial charge in [-0.2, -0.15) is 0 Å². The molecular weight excluding hydrogens is 432 g/mol. The van der Waals surface area contributed by atoms with Crippen molar-refractivity contribution in [1.82, 2.24) is 18.5 Å². The number of fused-ring (bicyclic) bond motifs is 2. The minimum Gasteiger partial charge on any atom is -0.497 e. The Morgan fingerprint density at radius 2 is 1.91 bits per heavy atom. The van der Waals surface area contributed by atoms with Gasteiger partial charge in [-0.3, -0.25) is 18.7 Å². The number of ketones is 1. The first-order chi connectivity index (χ1) is 16.5. The molecule has 5 rings (SSSR count). The Morgan fingerprint density at radius 1 is 1.12 bits per heavy atom. The molecule has 0 bridgehead atoms. The molecule has 4 aromatic rings. The zero-order valence-electron chi connectivity index (χ0n) is 19.4.